The monoisotopic (exact) mass is 387 g/mol. The van der Waals surface area contributed by atoms with Gasteiger partial charge in [0.15, 0.2) is 5.60 Å². The Bertz CT molecular complexity index is 574. The largest absolute Gasteiger partial charge is 0.394 e. The summed E-state index contributed by atoms with van der Waals surface area (Å²) in [6.07, 6.45) is -12.0. The zero-order valence-electron chi connectivity index (χ0n) is 14.2. The van der Waals surface area contributed by atoms with Crippen molar-refractivity contribution in [2.75, 3.05) is 6.61 Å². The maximum absolute atomic E-state index is 11.8. The van der Waals surface area contributed by atoms with Gasteiger partial charge in [0, 0.05) is 19.3 Å². The Balaban J connectivity index is 6.75. The molecular weight excluding hydrogens is 368 g/mol. The van der Waals surface area contributed by atoms with Gasteiger partial charge >= 0.3 is 0 Å². The average Bonchev–Trinajstić information content (AvgIpc) is 2.43. The molecule has 0 aliphatic rings. The minimum Gasteiger partial charge on any atom is -0.394 e. The molecular formula is C12H17BrO9. The quantitative estimate of drug-likeness (QED) is 0.186. The van der Waals surface area contributed by atoms with Crippen molar-refractivity contribution in [2.45, 2.75) is 42.2 Å². The van der Waals surface area contributed by atoms with Crippen LogP contribution in [0.4, 0.5) is 0 Å². The summed E-state index contributed by atoms with van der Waals surface area (Å²) >= 11 is 2.24. The van der Waals surface area contributed by atoms with Crippen LogP contribution in [0, 0.1) is 0 Å². The second-order valence-electron chi connectivity index (χ2n) is 4.58. The fraction of sp³-hybridized carbons (Fsp3) is 0.667. The van der Waals surface area contributed by atoms with Crippen LogP contribution in [0.25, 0.3) is 0 Å². The smallest absolute Gasteiger partial charge is 0.232 e. The van der Waals surface area contributed by atoms with Gasteiger partial charge in [0.05, 0.1) is 6.61 Å². The summed E-state index contributed by atoms with van der Waals surface area (Å²) in [4.78, 5) is 45.2. The van der Waals surface area contributed by atoms with E-state index in [1.807, 2.05) is 0 Å². The van der Waals surface area contributed by atoms with Crippen molar-refractivity contribution >= 4 is 39.4 Å². The molecule has 0 aliphatic heterocycles. The van der Waals surface area contributed by atoms with E-state index < -0.39 is 72.3 Å². The highest BCUT2D eigenvalue weighted by Crippen LogP contribution is 2.42. The van der Waals surface area contributed by atoms with Crippen LogP contribution in [-0.2, 0) is 19.2 Å². The van der Waals surface area contributed by atoms with E-state index in [1.165, 1.54) is 0 Å². The van der Waals surface area contributed by atoms with Gasteiger partial charge in [-0.25, -0.2) is 0 Å². The number of aldehydes is 3. The van der Waals surface area contributed by atoms with Crippen molar-refractivity contribution in [3.8, 4) is 0 Å². The molecule has 0 rings (SSSR count). The Morgan fingerprint density at radius 1 is 1.09 bits per heavy atom. The molecule has 0 bridgehead atoms. The van der Waals surface area contributed by atoms with Gasteiger partial charge in [0.1, 0.15) is 40.2 Å². The molecule has 0 unspecified atom stereocenters. The zero-order chi connectivity index (χ0) is 20.2. The maximum Gasteiger partial charge on any atom is 0.232 e. The first-order chi connectivity index (χ1) is 11.2. The number of hydrogen-bond donors (Lipinski definition) is 5. The van der Waals surface area contributed by atoms with Gasteiger partial charge in [-0.3, -0.25) is 4.79 Å². The molecule has 0 aromatic heterocycles. The van der Waals surface area contributed by atoms with Gasteiger partial charge in [-0.2, -0.15) is 0 Å². The van der Waals surface area contributed by atoms with Crippen LogP contribution in [0.15, 0.2) is 0 Å². The van der Waals surface area contributed by atoms with Crippen LogP contribution in [0.5, 0.6) is 0 Å². The molecule has 0 amide bonds. The van der Waals surface area contributed by atoms with E-state index >= 15 is 0 Å². The number of aliphatic hydroxyl groups excluding tert-OH is 2. The van der Waals surface area contributed by atoms with Crippen LogP contribution in [0.3, 0.4) is 0 Å². The molecule has 0 radical (unpaired) electrons. The Kier molecular flexibility index (Phi) is 5.76. The third-order valence-corrected chi connectivity index (χ3v) is 4.10. The highest BCUT2D eigenvalue weighted by atomic mass is 79.9. The third kappa shape index (κ3) is 3.31. The van der Waals surface area contributed by atoms with Crippen LogP contribution >= 0.6 is 15.9 Å². The molecule has 0 saturated heterocycles. The van der Waals surface area contributed by atoms with Gasteiger partial charge in [0.2, 0.25) is 4.69 Å². The first-order valence-electron chi connectivity index (χ1n) is 7.32. The molecule has 0 heterocycles. The van der Waals surface area contributed by atoms with Crippen molar-refractivity contribution < 1.29 is 48.8 Å². The topological polar surface area (TPSA) is 169 Å². The predicted octanol–water partition coefficient (Wildman–Crippen LogP) is -2.78. The highest BCUT2D eigenvalue weighted by molar-refractivity contribution is 9.18. The summed E-state index contributed by atoms with van der Waals surface area (Å²) in [7, 11) is 0. The summed E-state index contributed by atoms with van der Waals surface area (Å²) in [5.41, 5.74) is -10.4. The highest BCUT2D eigenvalue weighted by Gasteiger charge is 2.66. The predicted molar refractivity (Wildman–Crippen MR) is 73.9 cm³/mol. The lowest BCUT2D eigenvalue weighted by Crippen LogP contribution is -2.74. The summed E-state index contributed by atoms with van der Waals surface area (Å²) in [6, 6.07) is 0. The Morgan fingerprint density at radius 2 is 1.55 bits per heavy atom. The Hall–Kier alpha value is -1.04. The fourth-order valence-corrected chi connectivity index (χ4v) is 2.51. The number of halogens is 1. The fourth-order valence-electron chi connectivity index (χ4n) is 2.05. The molecule has 4 atom stereocenters. The van der Waals surface area contributed by atoms with Gasteiger partial charge < -0.3 is 39.9 Å². The van der Waals surface area contributed by atoms with E-state index in [4.69, 9.17) is 9.22 Å². The van der Waals surface area contributed by atoms with Crippen LogP contribution in [0.1, 0.15) is 23.4 Å². The van der Waals surface area contributed by atoms with Crippen molar-refractivity contribution in [3.05, 3.63) is 0 Å². The van der Waals surface area contributed by atoms with Crippen molar-refractivity contribution in [1.82, 2.24) is 0 Å². The summed E-state index contributed by atoms with van der Waals surface area (Å²) in [6.45, 7) is -1.35. The number of carbonyl (C=O) groups is 4. The molecule has 0 aliphatic carbocycles. The molecule has 22 heavy (non-hydrogen) atoms. The number of rotatable bonds is 11. The van der Waals surface area contributed by atoms with E-state index in [9.17, 15) is 39.6 Å². The molecule has 0 aromatic rings. The van der Waals surface area contributed by atoms with E-state index in [-0.39, 0.29) is 0 Å². The molecule has 126 valence electrons. The lowest BCUT2D eigenvalue weighted by atomic mass is 9.65. The second-order valence-corrected chi connectivity index (χ2v) is 5.30. The Labute approximate surface area is 137 Å². The van der Waals surface area contributed by atoms with E-state index in [0.717, 1.165) is 0 Å². The van der Waals surface area contributed by atoms with Gasteiger partial charge in [-0.1, -0.05) is 0 Å². The molecule has 0 aromatic carbocycles. The van der Waals surface area contributed by atoms with E-state index in [1.54, 1.807) is 0 Å². The van der Waals surface area contributed by atoms with Gasteiger partial charge in [-0.15, -0.1) is 0 Å². The molecule has 9 nitrogen and oxygen atoms in total. The lowest BCUT2D eigenvalue weighted by molar-refractivity contribution is -0.266. The van der Waals surface area contributed by atoms with Crippen LogP contribution < -0.4 is 0 Å². The molecule has 0 saturated carbocycles. The molecule has 0 fully saturated rings. The van der Waals surface area contributed by atoms with Gasteiger partial charge in [0.25, 0.3) is 0 Å². The molecule has 10 heteroatoms. The minimum atomic E-state index is -3.57. The normalized spacial score (nSPS) is 22.7. The first-order valence-corrected chi connectivity index (χ1v) is 6.61. The maximum atomic E-state index is 11.8. The summed E-state index contributed by atoms with van der Waals surface area (Å²) < 4.78 is 19.1. The molecule has 5 N–H and O–H groups in total. The molecule has 0 spiro atoms. The summed E-state index contributed by atoms with van der Waals surface area (Å²) in [5, 5.41) is 50.7. The summed E-state index contributed by atoms with van der Waals surface area (Å²) in [5.74, 6) is 0. The van der Waals surface area contributed by atoms with E-state index in [2.05, 4.69) is 15.9 Å². The third-order valence-electron chi connectivity index (χ3n) is 3.45. The lowest BCUT2D eigenvalue weighted by Gasteiger charge is -2.50. The van der Waals surface area contributed by atoms with Crippen LogP contribution in [0.2, 0.25) is 0 Å². The first kappa shape index (κ1) is 15.8. The zero-order valence-corrected chi connectivity index (χ0v) is 12.7. The second kappa shape index (κ2) is 7.99. The Morgan fingerprint density at radius 3 is 1.86 bits per heavy atom. The average molecular weight is 388 g/mol. The SMILES string of the molecule is [2H]C(=O)C[C@](O)([C@@](O)(CC([2H])=O)[C@H](O)CO)[C@](O)(CC([2H])=O)C(=O)Br. The standard InChI is InChI=1S/C12H17BrO9/c13-9(19)11(21,2-5-15)12(22,3-6-16)10(20,1-4-14)8(18)7-17/h4-6,8,17-18,20-22H,1-3,7H2/t8-,10-,11+,12+/m1/s1/i4D,5D,6D. The van der Waals surface area contributed by atoms with Gasteiger partial charge in [-0.05, 0) is 15.9 Å². The minimum absolute atomic E-state index is 1.35. The van der Waals surface area contributed by atoms with Crippen molar-refractivity contribution in [3.63, 3.8) is 0 Å². The number of carbonyl (C=O) groups excluding carboxylic acids is 4. The van der Waals surface area contributed by atoms with Crippen molar-refractivity contribution in [1.29, 1.82) is 0 Å². The van der Waals surface area contributed by atoms with Crippen LogP contribution in [-0.4, -0.2) is 78.5 Å². The van der Waals surface area contributed by atoms with Crippen molar-refractivity contribution in [2.24, 2.45) is 0 Å². The number of aliphatic hydroxyl groups is 5. The van der Waals surface area contributed by atoms with E-state index in [0.29, 0.717) is 0 Å². The number of hydrogen-bond acceptors (Lipinski definition) is 9.